The van der Waals surface area contributed by atoms with E-state index in [1.807, 2.05) is 30.3 Å². The van der Waals surface area contributed by atoms with Gasteiger partial charge in [0.05, 0.1) is 0 Å². The summed E-state index contributed by atoms with van der Waals surface area (Å²) in [6.07, 6.45) is 1.54. The second kappa shape index (κ2) is 5.09. The molecule has 1 fully saturated rings. The Bertz CT molecular complexity index is 564. The van der Waals surface area contributed by atoms with Crippen molar-refractivity contribution in [2.24, 2.45) is 0 Å². The largest absolute Gasteiger partial charge is 0.444 e. The number of hydrogen-bond acceptors (Lipinski definition) is 5. The van der Waals surface area contributed by atoms with E-state index in [0.717, 1.165) is 18.4 Å². The topological polar surface area (TPSA) is 77.3 Å². The van der Waals surface area contributed by atoms with E-state index < -0.39 is 6.09 Å². The average molecular weight is 259 g/mol. The molecule has 0 spiro atoms. The number of anilines is 1. The maximum absolute atomic E-state index is 11.5. The first-order valence-electron chi connectivity index (χ1n) is 6.12. The third-order valence-corrected chi connectivity index (χ3v) is 2.79. The van der Waals surface area contributed by atoms with Crippen LogP contribution in [0.15, 0.2) is 34.7 Å². The summed E-state index contributed by atoms with van der Waals surface area (Å²) < 4.78 is 10.3. The first kappa shape index (κ1) is 11.7. The fourth-order valence-electron chi connectivity index (χ4n) is 1.63. The molecular weight excluding hydrogens is 246 g/mol. The Morgan fingerprint density at radius 1 is 1.32 bits per heavy atom. The Hall–Kier alpha value is -2.37. The normalized spacial score (nSPS) is 14.1. The minimum atomic E-state index is -0.602. The summed E-state index contributed by atoms with van der Waals surface area (Å²) in [5.74, 6) is 0.946. The van der Waals surface area contributed by atoms with Crippen molar-refractivity contribution in [1.82, 2.24) is 10.2 Å². The molecule has 1 saturated carbocycles. The van der Waals surface area contributed by atoms with Gasteiger partial charge in [-0.15, -0.1) is 5.10 Å². The lowest BCUT2D eigenvalue weighted by Crippen LogP contribution is -2.13. The van der Waals surface area contributed by atoms with Gasteiger partial charge >= 0.3 is 12.1 Å². The van der Waals surface area contributed by atoms with Crippen LogP contribution in [0.4, 0.5) is 10.8 Å². The molecule has 6 heteroatoms. The van der Waals surface area contributed by atoms with Crippen molar-refractivity contribution >= 4 is 12.1 Å². The predicted molar refractivity (Wildman–Crippen MR) is 66.5 cm³/mol. The first-order valence-corrected chi connectivity index (χ1v) is 6.12. The molecular formula is C13H13N3O3. The van der Waals surface area contributed by atoms with E-state index in [1.54, 1.807) is 0 Å². The molecule has 3 rings (SSSR count). The average Bonchev–Trinajstić information content (AvgIpc) is 3.19. The first-order chi connectivity index (χ1) is 9.31. The Morgan fingerprint density at radius 2 is 2.11 bits per heavy atom. The van der Waals surface area contributed by atoms with Crippen LogP contribution in [0.5, 0.6) is 0 Å². The molecule has 1 aromatic heterocycles. The minimum absolute atomic E-state index is 0.0833. The van der Waals surface area contributed by atoms with Gasteiger partial charge in [0, 0.05) is 5.92 Å². The molecule has 1 N–H and O–H groups in total. The van der Waals surface area contributed by atoms with Gasteiger partial charge in [-0.2, -0.15) is 0 Å². The quantitative estimate of drug-likeness (QED) is 0.913. The molecule has 0 bridgehead atoms. The van der Waals surface area contributed by atoms with Crippen LogP contribution in [0.1, 0.15) is 30.2 Å². The number of ether oxygens (including phenoxy) is 1. The molecule has 1 aromatic carbocycles. The number of benzene rings is 1. The van der Waals surface area contributed by atoms with Crippen molar-refractivity contribution < 1.29 is 13.9 Å². The molecule has 0 atom stereocenters. The summed E-state index contributed by atoms with van der Waals surface area (Å²) in [7, 11) is 0. The molecule has 98 valence electrons. The zero-order valence-corrected chi connectivity index (χ0v) is 10.2. The highest BCUT2D eigenvalue weighted by Crippen LogP contribution is 2.39. The Morgan fingerprint density at radius 3 is 2.84 bits per heavy atom. The van der Waals surface area contributed by atoms with Crippen LogP contribution in [0.3, 0.4) is 0 Å². The smallest absolute Gasteiger partial charge is 0.415 e. The van der Waals surface area contributed by atoms with E-state index >= 15 is 0 Å². The van der Waals surface area contributed by atoms with Gasteiger partial charge in [-0.05, 0) is 18.4 Å². The van der Waals surface area contributed by atoms with Gasteiger partial charge in [-0.1, -0.05) is 35.4 Å². The monoisotopic (exact) mass is 259 g/mol. The number of rotatable bonds is 4. The summed E-state index contributed by atoms with van der Waals surface area (Å²) in [4.78, 5) is 11.5. The van der Waals surface area contributed by atoms with Crippen LogP contribution in [-0.4, -0.2) is 16.3 Å². The number of aromatic nitrogens is 2. The van der Waals surface area contributed by atoms with Gasteiger partial charge in [0.1, 0.15) is 6.61 Å². The van der Waals surface area contributed by atoms with Gasteiger partial charge in [-0.25, -0.2) is 10.1 Å². The van der Waals surface area contributed by atoms with Gasteiger partial charge < -0.3 is 9.15 Å². The molecule has 0 saturated heterocycles. The van der Waals surface area contributed by atoms with E-state index in [-0.39, 0.29) is 12.6 Å². The zero-order chi connectivity index (χ0) is 13.1. The predicted octanol–water partition coefficient (Wildman–Crippen LogP) is 2.70. The number of amides is 1. The van der Waals surface area contributed by atoms with Crippen LogP contribution in [0.25, 0.3) is 0 Å². The molecule has 0 radical (unpaired) electrons. The molecule has 6 nitrogen and oxygen atoms in total. The van der Waals surface area contributed by atoms with E-state index in [2.05, 4.69) is 15.5 Å². The Balaban J connectivity index is 1.50. The molecule has 1 aliphatic rings. The van der Waals surface area contributed by atoms with E-state index in [4.69, 9.17) is 9.15 Å². The summed E-state index contributed by atoms with van der Waals surface area (Å²) in [6.45, 7) is 0.205. The van der Waals surface area contributed by atoms with Crippen molar-refractivity contribution in [2.75, 3.05) is 5.32 Å². The van der Waals surface area contributed by atoms with Crippen molar-refractivity contribution in [2.45, 2.75) is 25.4 Å². The summed E-state index contributed by atoms with van der Waals surface area (Å²) in [6, 6.07) is 9.52. The molecule has 1 amide bonds. The lowest BCUT2D eigenvalue weighted by Gasteiger charge is -2.03. The number of nitrogens with zero attached hydrogens (tertiary/aromatic N) is 2. The minimum Gasteiger partial charge on any atom is -0.444 e. The molecule has 0 unspecified atom stereocenters. The fourth-order valence-corrected chi connectivity index (χ4v) is 1.63. The zero-order valence-electron chi connectivity index (χ0n) is 10.2. The van der Waals surface area contributed by atoms with Gasteiger partial charge in [0.2, 0.25) is 5.89 Å². The summed E-state index contributed by atoms with van der Waals surface area (Å²) in [5, 5.41) is 10.0. The van der Waals surface area contributed by atoms with Crippen molar-refractivity contribution in [3.05, 3.63) is 41.8 Å². The van der Waals surface area contributed by atoms with Gasteiger partial charge in [0.25, 0.3) is 0 Å². The lowest BCUT2D eigenvalue weighted by molar-refractivity contribution is 0.154. The van der Waals surface area contributed by atoms with Gasteiger partial charge in [0.15, 0.2) is 0 Å². The summed E-state index contributed by atoms with van der Waals surface area (Å²) in [5.41, 5.74) is 0.918. The van der Waals surface area contributed by atoms with Crippen molar-refractivity contribution in [3.63, 3.8) is 0 Å². The van der Waals surface area contributed by atoms with Crippen LogP contribution in [0, 0.1) is 0 Å². The van der Waals surface area contributed by atoms with Crippen LogP contribution in [0.2, 0.25) is 0 Å². The van der Waals surface area contributed by atoms with Crippen molar-refractivity contribution in [3.8, 4) is 0 Å². The third-order valence-electron chi connectivity index (χ3n) is 2.79. The van der Waals surface area contributed by atoms with Crippen LogP contribution in [-0.2, 0) is 11.3 Å². The molecule has 19 heavy (non-hydrogen) atoms. The second-order valence-electron chi connectivity index (χ2n) is 4.41. The maximum atomic E-state index is 11.5. The molecule has 1 aliphatic carbocycles. The number of hydrogen-bond donors (Lipinski definition) is 1. The van der Waals surface area contributed by atoms with Crippen molar-refractivity contribution in [1.29, 1.82) is 0 Å². The summed E-state index contributed by atoms with van der Waals surface area (Å²) >= 11 is 0. The highest BCUT2D eigenvalue weighted by molar-refractivity contribution is 5.81. The molecule has 2 aromatic rings. The van der Waals surface area contributed by atoms with E-state index in [0.29, 0.717) is 11.8 Å². The van der Waals surface area contributed by atoms with E-state index in [9.17, 15) is 4.79 Å². The van der Waals surface area contributed by atoms with Crippen LogP contribution >= 0.6 is 0 Å². The third kappa shape index (κ3) is 3.09. The maximum Gasteiger partial charge on any atom is 0.415 e. The highest BCUT2D eigenvalue weighted by atomic mass is 16.6. The SMILES string of the molecule is O=C(Nc1nnc(C2CC2)o1)OCc1ccccc1. The highest BCUT2D eigenvalue weighted by Gasteiger charge is 2.29. The van der Waals surface area contributed by atoms with Crippen LogP contribution < -0.4 is 5.32 Å². The molecule has 1 heterocycles. The van der Waals surface area contributed by atoms with E-state index in [1.165, 1.54) is 0 Å². The lowest BCUT2D eigenvalue weighted by atomic mass is 10.2. The standard InChI is InChI=1S/C13H13N3O3/c17-13(18-8-9-4-2-1-3-5-9)14-12-16-15-11(19-12)10-6-7-10/h1-5,10H,6-8H2,(H,14,16,17). The molecule has 0 aliphatic heterocycles. The Kier molecular flexibility index (Phi) is 3.14. The fraction of sp³-hybridized carbons (Fsp3) is 0.308. The second-order valence-corrected chi connectivity index (χ2v) is 4.41. The number of carbonyl (C=O) groups is 1. The Labute approximate surface area is 109 Å². The van der Waals surface area contributed by atoms with Gasteiger partial charge in [-0.3, -0.25) is 0 Å². The number of nitrogens with one attached hydrogen (secondary N) is 1. The number of carbonyl (C=O) groups excluding carboxylic acids is 1.